The molecular weight excluding hydrogens is 288 g/mol. The lowest BCUT2D eigenvalue weighted by atomic mass is 10.0. The van der Waals surface area contributed by atoms with Gasteiger partial charge in [-0.2, -0.15) is 0 Å². The zero-order valence-corrected chi connectivity index (χ0v) is 13.5. The molecule has 0 saturated carbocycles. The number of carbonyl (C=O) groups is 1. The minimum Gasteiger partial charge on any atom is -0.464 e. The van der Waals surface area contributed by atoms with Gasteiger partial charge in [-0.25, -0.2) is 8.42 Å². The van der Waals surface area contributed by atoms with Crippen LogP contribution in [0.3, 0.4) is 0 Å². The van der Waals surface area contributed by atoms with Crippen LogP contribution >= 0.6 is 0 Å². The Morgan fingerprint density at radius 2 is 1.86 bits per heavy atom. The van der Waals surface area contributed by atoms with Crippen molar-refractivity contribution < 1.29 is 17.9 Å². The summed E-state index contributed by atoms with van der Waals surface area (Å²) < 4.78 is 30.4. The van der Waals surface area contributed by atoms with Crippen LogP contribution in [0.25, 0.3) is 0 Å². The fraction of sp³-hybridized carbons (Fsp3) is 0.562. The monoisotopic (exact) mass is 310 g/mol. The predicted molar refractivity (Wildman–Crippen MR) is 80.9 cm³/mol. The van der Waals surface area contributed by atoms with Gasteiger partial charge < -0.3 is 4.74 Å². The van der Waals surface area contributed by atoms with Gasteiger partial charge in [0, 0.05) is 5.92 Å². The Balaban J connectivity index is 2.34. The summed E-state index contributed by atoms with van der Waals surface area (Å²) in [6.07, 6.45) is 1.51. The zero-order valence-electron chi connectivity index (χ0n) is 12.7. The van der Waals surface area contributed by atoms with Crippen LogP contribution in [0.15, 0.2) is 29.2 Å². The fourth-order valence-electron chi connectivity index (χ4n) is 2.73. The van der Waals surface area contributed by atoms with Crippen LogP contribution in [-0.2, 0) is 19.4 Å². The lowest BCUT2D eigenvalue weighted by Crippen LogP contribution is -2.32. The van der Waals surface area contributed by atoms with Gasteiger partial charge in [-0.3, -0.25) is 4.79 Å². The Hall–Kier alpha value is -1.36. The Labute approximate surface area is 126 Å². The number of esters is 1. The number of hydrogen-bond acceptors (Lipinski definition) is 4. The third kappa shape index (κ3) is 3.12. The molecule has 0 bridgehead atoms. The van der Waals surface area contributed by atoms with Gasteiger partial charge in [0.25, 0.3) is 0 Å². The largest absolute Gasteiger partial charge is 0.464 e. The van der Waals surface area contributed by atoms with E-state index in [0.717, 1.165) is 12.0 Å². The van der Waals surface area contributed by atoms with Crippen molar-refractivity contribution in [1.82, 2.24) is 0 Å². The third-order valence-corrected chi connectivity index (χ3v) is 6.14. The third-order valence-electron chi connectivity index (χ3n) is 3.97. The molecule has 0 aliphatic carbocycles. The van der Waals surface area contributed by atoms with Crippen LogP contribution in [0.4, 0.5) is 0 Å². The number of ether oxygens (including phenoxy) is 1. The van der Waals surface area contributed by atoms with E-state index in [9.17, 15) is 13.2 Å². The van der Waals surface area contributed by atoms with Crippen molar-refractivity contribution in [3.05, 3.63) is 29.8 Å². The molecule has 2 atom stereocenters. The molecule has 4 nitrogen and oxygen atoms in total. The molecule has 1 heterocycles. The molecule has 1 aliphatic rings. The molecule has 1 aromatic rings. The number of carbonyl (C=O) groups excluding carboxylic acids is 1. The molecular formula is C16H22O4S. The smallest absolute Gasteiger partial charge is 0.325 e. The van der Waals surface area contributed by atoms with Crippen molar-refractivity contribution in [2.24, 2.45) is 5.92 Å². The molecule has 0 N–H and O–H groups in total. The molecule has 1 saturated heterocycles. The topological polar surface area (TPSA) is 60.4 Å². The quantitative estimate of drug-likeness (QED) is 0.785. The van der Waals surface area contributed by atoms with E-state index in [-0.39, 0.29) is 17.4 Å². The van der Waals surface area contributed by atoms with E-state index in [1.54, 1.807) is 12.1 Å². The predicted octanol–water partition coefficient (Wildman–Crippen LogP) is 2.93. The molecule has 0 radical (unpaired) electrons. The second kappa shape index (κ2) is 6.18. The molecule has 1 aliphatic heterocycles. The molecule has 5 heteroatoms. The van der Waals surface area contributed by atoms with Gasteiger partial charge in [-0.15, -0.1) is 0 Å². The van der Waals surface area contributed by atoms with E-state index in [4.69, 9.17) is 4.74 Å². The van der Waals surface area contributed by atoms with Crippen LogP contribution in [-0.4, -0.2) is 26.2 Å². The van der Waals surface area contributed by atoms with E-state index >= 15 is 0 Å². The SMILES string of the molecule is CCC[C@H]1COC(=O)C1S(=O)(=O)c1ccc(C(C)C)cc1. The number of sulfone groups is 1. The summed E-state index contributed by atoms with van der Waals surface area (Å²) in [6, 6.07) is 6.82. The van der Waals surface area contributed by atoms with E-state index in [0.29, 0.717) is 12.3 Å². The molecule has 1 aromatic carbocycles. The van der Waals surface area contributed by atoms with Crippen molar-refractivity contribution in [2.45, 2.75) is 49.7 Å². The van der Waals surface area contributed by atoms with E-state index in [2.05, 4.69) is 13.8 Å². The first-order chi connectivity index (χ1) is 9.87. The van der Waals surface area contributed by atoms with Crippen LogP contribution in [0.5, 0.6) is 0 Å². The van der Waals surface area contributed by atoms with Crippen LogP contribution < -0.4 is 0 Å². The minimum atomic E-state index is -3.68. The van der Waals surface area contributed by atoms with Crippen molar-refractivity contribution >= 4 is 15.8 Å². The minimum absolute atomic E-state index is 0.205. The average molecular weight is 310 g/mol. The molecule has 2 rings (SSSR count). The second-order valence-corrected chi connectivity index (χ2v) is 7.94. The first-order valence-corrected chi connectivity index (χ1v) is 8.93. The van der Waals surface area contributed by atoms with Crippen molar-refractivity contribution in [3.63, 3.8) is 0 Å². The molecule has 1 unspecified atom stereocenters. The van der Waals surface area contributed by atoms with Crippen molar-refractivity contribution in [3.8, 4) is 0 Å². The number of rotatable bonds is 5. The Kier molecular flexibility index (Phi) is 4.71. The standard InChI is InChI=1S/C16H22O4S/c1-4-5-13-10-20-16(17)15(13)21(18,19)14-8-6-12(7-9-14)11(2)3/h6-9,11,13,15H,4-5,10H2,1-3H3/t13-,15?/m0/s1. The summed E-state index contributed by atoms with van der Waals surface area (Å²) in [4.78, 5) is 12.1. The first-order valence-electron chi connectivity index (χ1n) is 7.38. The van der Waals surface area contributed by atoms with Gasteiger partial charge in [0.05, 0.1) is 11.5 Å². The van der Waals surface area contributed by atoms with Gasteiger partial charge in [-0.05, 0) is 30.0 Å². The Bertz CT molecular complexity index is 602. The summed E-state index contributed by atoms with van der Waals surface area (Å²) in [5.74, 6) is -0.510. The number of cyclic esters (lactones) is 1. The summed E-state index contributed by atoms with van der Waals surface area (Å²) in [6.45, 7) is 6.29. The van der Waals surface area contributed by atoms with Gasteiger partial charge in [0.1, 0.15) is 0 Å². The number of benzene rings is 1. The molecule has 0 amide bonds. The van der Waals surface area contributed by atoms with Crippen LogP contribution in [0.1, 0.15) is 45.1 Å². The fourth-order valence-corrected chi connectivity index (χ4v) is 4.58. The summed E-state index contributed by atoms with van der Waals surface area (Å²) in [7, 11) is -3.68. The van der Waals surface area contributed by atoms with E-state index in [1.807, 2.05) is 19.1 Å². The first kappa shape index (κ1) is 16.0. The molecule has 116 valence electrons. The van der Waals surface area contributed by atoms with E-state index < -0.39 is 21.1 Å². The highest BCUT2D eigenvalue weighted by Crippen LogP contribution is 2.31. The lowest BCUT2D eigenvalue weighted by molar-refractivity contribution is -0.137. The maximum atomic E-state index is 12.7. The Morgan fingerprint density at radius 1 is 1.24 bits per heavy atom. The molecule has 0 aromatic heterocycles. The maximum Gasteiger partial charge on any atom is 0.325 e. The second-order valence-electron chi connectivity index (χ2n) is 5.87. The van der Waals surface area contributed by atoms with Crippen molar-refractivity contribution in [2.75, 3.05) is 6.61 Å². The summed E-state index contributed by atoms with van der Waals surface area (Å²) >= 11 is 0. The zero-order chi connectivity index (χ0) is 15.6. The molecule has 21 heavy (non-hydrogen) atoms. The highest BCUT2D eigenvalue weighted by atomic mass is 32.2. The molecule has 1 fully saturated rings. The highest BCUT2D eigenvalue weighted by Gasteiger charge is 2.46. The van der Waals surface area contributed by atoms with Gasteiger partial charge in [0.2, 0.25) is 0 Å². The number of hydrogen-bond donors (Lipinski definition) is 0. The van der Waals surface area contributed by atoms with Gasteiger partial charge >= 0.3 is 5.97 Å². The lowest BCUT2D eigenvalue weighted by Gasteiger charge is -2.15. The maximum absolute atomic E-state index is 12.7. The van der Waals surface area contributed by atoms with Crippen LogP contribution in [0.2, 0.25) is 0 Å². The summed E-state index contributed by atoms with van der Waals surface area (Å²) in [5.41, 5.74) is 1.08. The van der Waals surface area contributed by atoms with Crippen molar-refractivity contribution in [1.29, 1.82) is 0 Å². The normalized spacial score (nSPS) is 22.6. The molecule has 0 spiro atoms. The Morgan fingerprint density at radius 3 is 2.38 bits per heavy atom. The average Bonchev–Trinajstić information content (AvgIpc) is 2.81. The van der Waals surface area contributed by atoms with E-state index in [1.165, 1.54) is 0 Å². The van der Waals surface area contributed by atoms with Gasteiger partial charge in [0.15, 0.2) is 15.1 Å². The van der Waals surface area contributed by atoms with Gasteiger partial charge in [-0.1, -0.05) is 39.3 Å². The van der Waals surface area contributed by atoms with Crippen LogP contribution in [0, 0.1) is 5.92 Å². The highest BCUT2D eigenvalue weighted by molar-refractivity contribution is 7.92. The summed E-state index contributed by atoms with van der Waals surface area (Å²) in [5, 5.41) is -1.05.